The normalized spacial score (nSPS) is 10.8. The molecule has 8 heteroatoms. The molecule has 0 aliphatic carbocycles. The van der Waals surface area contributed by atoms with Crippen LogP contribution < -0.4 is 21.5 Å². The fraction of sp³-hybridized carbons (Fsp3) is 0.333. The number of rotatable bonds is 6. The Labute approximate surface area is 194 Å². The first-order valence-corrected chi connectivity index (χ1v) is 10.9. The molecule has 0 saturated carbocycles. The van der Waals surface area contributed by atoms with Crippen LogP contribution >= 0.6 is 12.2 Å². The third-order valence-corrected chi connectivity index (χ3v) is 4.92. The van der Waals surface area contributed by atoms with Crippen molar-refractivity contribution in [2.75, 3.05) is 5.32 Å². The molecule has 7 nitrogen and oxygen atoms in total. The van der Waals surface area contributed by atoms with Gasteiger partial charge in [-0.3, -0.25) is 25.2 Å². The minimum atomic E-state index is -0.425. The number of hydrogen-bond acceptors (Lipinski definition) is 4. The van der Waals surface area contributed by atoms with Gasteiger partial charge in [-0.05, 0) is 66.0 Å². The topological polar surface area (TPSA) is 99.3 Å². The van der Waals surface area contributed by atoms with Gasteiger partial charge >= 0.3 is 0 Å². The van der Waals surface area contributed by atoms with Gasteiger partial charge in [-0.25, -0.2) is 0 Å². The summed E-state index contributed by atoms with van der Waals surface area (Å²) in [6, 6.07) is 13.9. The van der Waals surface area contributed by atoms with E-state index in [9.17, 15) is 14.4 Å². The van der Waals surface area contributed by atoms with E-state index in [4.69, 9.17) is 12.2 Å². The number of thiocarbonyl (C=S) groups is 1. The Bertz CT molecular complexity index is 964. The van der Waals surface area contributed by atoms with Gasteiger partial charge in [-0.15, -0.1) is 0 Å². The average Bonchev–Trinajstić information content (AvgIpc) is 2.76. The van der Waals surface area contributed by atoms with E-state index in [1.165, 1.54) is 0 Å². The number of unbranched alkanes of at least 4 members (excludes halogenated alkanes) is 1. The molecule has 0 saturated heterocycles. The quantitative estimate of drug-likeness (QED) is 0.390. The summed E-state index contributed by atoms with van der Waals surface area (Å²) in [7, 11) is 0. The van der Waals surface area contributed by atoms with Crippen LogP contribution in [0.25, 0.3) is 0 Å². The van der Waals surface area contributed by atoms with Crippen molar-refractivity contribution < 1.29 is 14.4 Å². The van der Waals surface area contributed by atoms with Gasteiger partial charge in [0.2, 0.25) is 5.91 Å². The van der Waals surface area contributed by atoms with Crippen molar-refractivity contribution in [3.05, 3.63) is 65.2 Å². The fourth-order valence-electron chi connectivity index (χ4n) is 2.77. The lowest BCUT2D eigenvalue weighted by molar-refractivity contribution is -0.119. The first kappa shape index (κ1) is 25.0. The Hall–Kier alpha value is -3.26. The van der Waals surface area contributed by atoms with Gasteiger partial charge in [-0.2, -0.15) is 0 Å². The van der Waals surface area contributed by atoms with Crippen molar-refractivity contribution in [2.24, 2.45) is 0 Å². The lowest BCUT2D eigenvalue weighted by Gasteiger charge is -2.19. The van der Waals surface area contributed by atoms with Gasteiger partial charge < -0.3 is 10.6 Å². The summed E-state index contributed by atoms with van der Waals surface area (Å²) >= 11 is 4.99. The van der Waals surface area contributed by atoms with Gasteiger partial charge in [0.25, 0.3) is 11.8 Å². The largest absolute Gasteiger partial charge is 0.322 e. The zero-order valence-corrected chi connectivity index (χ0v) is 19.7. The van der Waals surface area contributed by atoms with Gasteiger partial charge in [0.15, 0.2) is 5.11 Å². The minimum absolute atomic E-state index is 0.0185. The van der Waals surface area contributed by atoms with Crippen molar-refractivity contribution in [1.29, 1.82) is 0 Å². The van der Waals surface area contributed by atoms with Crippen molar-refractivity contribution in [3.8, 4) is 0 Å². The molecule has 0 unspecified atom stereocenters. The first-order chi connectivity index (χ1) is 15.1. The highest BCUT2D eigenvalue weighted by Crippen LogP contribution is 2.22. The second-order valence-electron chi connectivity index (χ2n) is 8.42. The standard InChI is InChI=1S/C24H30N4O3S/c1-5-6-7-20(29)26-23(32)28-27-22(31)17-10-14-19(15-11-17)25-21(30)16-8-12-18(13-9-16)24(2,3)4/h8-15H,5-7H2,1-4H3,(H,25,30)(H,27,31)(H2,26,28,29,32). The van der Waals surface area contributed by atoms with Crippen LogP contribution in [0.15, 0.2) is 48.5 Å². The molecule has 32 heavy (non-hydrogen) atoms. The summed E-state index contributed by atoms with van der Waals surface area (Å²) in [5.74, 6) is -0.856. The summed E-state index contributed by atoms with van der Waals surface area (Å²) < 4.78 is 0. The van der Waals surface area contributed by atoms with E-state index in [0.29, 0.717) is 23.2 Å². The molecule has 0 aliphatic heterocycles. The molecule has 0 bridgehead atoms. The molecule has 170 valence electrons. The van der Waals surface area contributed by atoms with Crippen molar-refractivity contribution in [1.82, 2.24) is 16.2 Å². The van der Waals surface area contributed by atoms with E-state index in [-0.39, 0.29) is 22.3 Å². The highest BCUT2D eigenvalue weighted by Gasteiger charge is 2.14. The van der Waals surface area contributed by atoms with Crippen LogP contribution in [0.1, 0.15) is 73.2 Å². The maximum atomic E-state index is 12.5. The van der Waals surface area contributed by atoms with Gasteiger partial charge in [-0.1, -0.05) is 46.2 Å². The van der Waals surface area contributed by atoms with Crippen LogP contribution in [-0.4, -0.2) is 22.8 Å². The molecule has 0 atom stereocenters. The van der Waals surface area contributed by atoms with E-state index >= 15 is 0 Å². The summed E-state index contributed by atoms with van der Waals surface area (Å²) in [4.78, 5) is 36.3. The minimum Gasteiger partial charge on any atom is -0.322 e. The SMILES string of the molecule is CCCCC(=O)NC(=S)NNC(=O)c1ccc(NC(=O)c2ccc(C(C)(C)C)cc2)cc1. The van der Waals surface area contributed by atoms with Crippen molar-refractivity contribution >= 4 is 40.7 Å². The number of carbonyl (C=O) groups excluding carboxylic acids is 3. The van der Waals surface area contributed by atoms with E-state index < -0.39 is 5.91 Å². The zero-order chi connectivity index (χ0) is 23.7. The van der Waals surface area contributed by atoms with Crippen molar-refractivity contribution in [3.63, 3.8) is 0 Å². The van der Waals surface area contributed by atoms with Crippen LogP contribution in [0.2, 0.25) is 0 Å². The molecular weight excluding hydrogens is 424 g/mol. The van der Waals surface area contributed by atoms with Crippen LogP contribution in [0.5, 0.6) is 0 Å². The first-order valence-electron chi connectivity index (χ1n) is 10.5. The number of amides is 3. The predicted molar refractivity (Wildman–Crippen MR) is 130 cm³/mol. The lowest BCUT2D eigenvalue weighted by Crippen LogP contribution is -2.48. The zero-order valence-electron chi connectivity index (χ0n) is 18.9. The molecule has 0 aliphatic rings. The molecule has 0 heterocycles. The summed E-state index contributed by atoms with van der Waals surface area (Å²) in [6.07, 6.45) is 2.05. The Morgan fingerprint density at radius 1 is 0.844 bits per heavy atom. The summed E-state index contributed by atoms with van der Waals surface area (Å²) in [5, 5.41) is 5.34. The van der Waals surface area contributed by atoms with Crippen LogP contribution in [0.3, 0.4) is 0 Å². The van der Waals surface area contributed by atoms with Gasteiger partial charge in [0, 0.05) is 23.2 Å². The summed E-state index contributed by atoms with van der Waals surface area (Å²) in [6.45, 7) is 8.34. The number of benzene rings is 2. The summed E-state index contributed by atoms with van der Waals surface area (Å²) in [5.41, 5.74) is 7.59. The molecule has 0 spiro atoms. The molecule has 2 rings (SSSR count). The van der Waals surface area contributed by atoms with E-state index in [1.807, 2.05) is 19.1 Å². The molecule has 0 fully saturated rings. The lowest BCUT2D eigenvalue weighted by atomic mass is 9.87. The fourth-order valence-corrected chi connectivity index (χ4v) is 2.94. The molecular formula is C24H30N4O3S. The van der Waals surface area contributed by atoms with Crippen LogP contribution in [-0.2, 0) is 10.2 Å². The maximum Gasteiger partial charge on any atom is 0.269 e. The molecule has 0 aromatic heterocycles. The third-order valence-electron chi connectivity index (χ3n) is 4.72. The van der Waals surface area contributed by atoms with Crippen molar-refractivity contribution in [2.45, 2.75) is 52.4 Å². The monoisotopic (exact) mass is 454 g/mol. The number of hydrazine groups is 1. The Balaban J connectivity index is 1.87. The molecule has 2 aromatic carbocycles. The molecule has 4 N–H and O–H groups in total. The molecule has 3 amide bonds. The highest BCUT2D eigenvalue weighted by atomic mass is 32.1. The third kappa shape index (κ3) is 7.77. The highest BCUT2D eigenvalue weighted by molar-refractivity contribution is 7.80. The molecule has 2 aromatic rings. The van der Waals surface area contributed by atoms with Gasteiger partial charge in [0.05, 0.1) is 0 Å². The van der Waals surface area contributed by atoms with Gasteiger partial charge in [0.1, 0.15) is 0 Å². The number of carbonyl (C=O) groups is 3. The van der Waals surface area contributed by atoms with Crippen LogP contribution in [0.4, 0.5) is 5.69 Å². The predicted octanol–water partition coefficient (Wildman–Crippen LogP) is 4.06. The van der Waals surface area contributed by atoms with E-state index in [1.54, 1.807) is 36.4 Å². The van der Waals surface area contributed by atoms with E-state index in [0.717, 1.165) is 18.4 Å². The van der Waals surface area contributed by atoms with E-state index in [2.05, 4.69) is 42.3 Å². The van der Waals surface area contributed by atoms with Crippen LogP contribution in [0, 0.1) is 0 Å². The maximum absolute atomic E-state index is 12.5. The second kappa shape index (κ2) is 11.4. The average molecular weight is 455 g/mol. The Morgan fingerprint density at radius 3 is 1.97 bits per heavy atom. The second-order valence-corrected chi connectivity index (χ2v) is 8.83. The Morgan fingerprint density at radius 2 is 1.41 bits per heavy atom. The molecule has 0 radical (unpaired) electrons. The Kier molecular flexibility index (Phi) is 8.90. The number of hydrogen-bond donors (Lipinski definition) is 4. The smallest absolute Gasteiger partial charge is 0.269 e. The number of nitrogens with one attached hydrogen (secondary N) is 4. The number of anilines is 1.